The van der Waals surface area contributed by atoms with Crippen molar-refractivity contribution in [2.75, 3.05) is 4.90 Å². The van der Waals surface area contributed by atoms with Gasteiger partial charge < -0.3 is 8.94 Å². The number of nitro groups is 1. The smallest absolute Gasteiger partial charge is 0.296 e. The Bertz CT molecular complexity index is 1460. The first-order chi connectivity index (χ1) is 14.8. The molecule has 1 unspecified atom stereocenters. The van der Waals surface area contributed by atoms with E-state index in [1.54, 1.807) is 19.1 Å². The molecule has 0 saturated heterocycles. The Balaban J connectivity index is 1.83. The highest BCUT2D eigenvalue weighted by atomic mass is 35.5. The molecule has 10 heteroatoms. The van der Waals surface area contributed by atoms with Crippen molar-refractivity contribution in [2.24, 2.45) is 0 Å². The lowest BCUT2D eigenvalue weighted by Crippen LogP contribution is -2.29. The zero-order valence-corrected chi connectivity index (χ0v) is 16.6. The molecule has 9 nitrogen and oxygen atoms in total. The molecule has 0 aliphatic carbocycles. The quantitative estimate of drug-likeness (QED) is 0.344. The number of benzene rings is 2. The van der Waals surface area contributed by atoms with E-state index < -0.39 is 22.3 Å². The van der Waals surface area contributed by atoms with Gasteiger partial charge in [0.15, 0.2) is 11.2 Å². The van der Waals surface area contributed by atoms with Crippen molar-refractivity contribution in [3.8, 4) is 0 Å². The van der Waals surface area contributed by atoms with Gasteiger partial charge in [-0.25, -0.2) is 0 Å². The summed E-state index contributed by atoms with van der Waals surface area (Å²) in [6, 6.07) is 10.8. The third-order valence-corrected chi connectivity index (χ3v) is 5.33. The van der Waals surface area contributed by atoms with E-state index in [2.05, 4.69) is 5.16 Å². The molecular weight excluding hydrogens is 426 g/mol. The molecule has 5 rings (SSSR count). The average molecular weight is 438 g/mol. The number of hydrogen-bond donors (Lipinski definition) is 0. The Morgan fingerprint density at radius 3 is 2.68 bits per heavy atom. The number of rotatable bonds is 3. The highest BCUT2D eigenvalue weighted by Gasteiger charge is 2.45. The van der Waals surface area contributed by atoms with E-state index in [0.29, 0.717) is 16.3 Å². The molecule has 0 radical (unpaired) electrons. The Labute approximate surface area is 178 Å². The molecule has 1 amide bonds. The minimum absolute atomic E-state index is 0.0564. The van der Waals surface area contributed by atoms with Crippen molar-refractivity contribution in [3.63, 3.8) is 0 Å². The third kappa shape index (κ3) is 2.89. The fraction of sp³-hybridized carbons (Fsp3) is 0.0952. The number of amides is 1. The lowest BCUT2D eigenvalue weighted by atomic mass is 9.98. The minimum Gasteiger partial charge on any atom is -0.450 e. The predicted molar refractivity (Wildman–Crippen MR) is 110 cm³/mol. The second kappa shape index (κ2) is 6.78. The van der Waals surface area contributed by atoms with Crippen LogP contribution in [-0.4, -0.2) is 16.0 Å². The zero-order chi connectivity index (χ0) is 21.9. The minimum atomic E-state index is -0.994. The summed E-state index contributed by atoms with van der Waals surface area (Å²) in [5.74, 6) is -0.148. The maximum atomic E-state index is 13.4. The molecule has 4 aromatic rings. The van der Waals surface area contributed by atoms with Gasteiger partial charge in [0.1, 0.15) is 11.3 Å². The van der Waals surface area contributed by atoms with Crippen LogP contribution in [0, 0.1) is 17.0 Å². The third-order valence-electron chi connectivity index (χ3n) is 5.09. The van der Waals surface area contributed by atoms with Crippen LogP contribution in [-0.2, 0) is 0 Å². The summed E-state index contributed by atoms with van der Waals surface area (Å²) < 4.78 is 10.9. The highest BCUT2D eigenvalue weighted by molar-refractivity contribution is 6.31. The van der Waals surface area contributed by atoms with Crippen molar-refractivity contribution >= 4 is 40.0 Å². The van der Waals surface area contributed by atoms with E-state index in [9.17, 15) is 19.7 Å². The first-order valence-corrected chi connectivity index (χ1v) is 9.50. The molecule has 31 heavy (non-hydrogen) atoms. The van der Waals surface area contributed by atoms with E-state index in [4.69, 9.17) is 20.5 Å². The maximum Gasteiger partial charge on any atom is 0.296 e. The van der Waals surface area contributed by atoms with Gasteiger partial charge in [-0.1, -0.05) is 28.9 Å². The lowest BCUT2D eigenvalue weighted by Gasteiger charge is -2.22. The van der Waals surface area contributed by atoms with Crippen LogP contribution in [0.15, 0.2) is 62.3 Å². The van der Waals surface area contributed by atoms with Crippen LogP contribution in [0.2, 0.25) is 5.02 Å². The van der Waals surface area contributed by atoms with Gasteiger partial charge in [-0.05, 0) is 30.7 Å². The van der Waals surface area contributed by atoms with Crippen LogP contribution >= 0.6 is 11.6 Å². The molecule has 2 aromatic heterocycles. The summed E-state index contributed by atoms with van der Waals surface area (Å²) in [6.45, 7) is 1.66. The molecule has 154 valence electrons. The Morgan fingerprint density at radius 2 is 1.97 bits per heavy atom. The summed E-state index contributed by atoms with van der Waals surface area (Å²) in [7, 11) is 0. The highest BCUT2D eigenvalue weighted by Crippen LogP contribution is 2.41. The summed E-state index contributed by atoms with van der Waals surface area (Å²) in [6.07, 6.45) is 0. The molecule has 1 atom stereocenters. The molecule has 1 aliphatic heterocycles. The molecule has 0 fully saturated rings. The average Bonchev–Trinajstić information content (AvgIpc) is 3.30. The largest absolute Gasteiger partial charge is 0.450 e. The summed E-state index contributed by atoms with van der Waals surface area (Å²) in [5.41, 5.74) is -0.0109. The van der Waals surface area contributed by atoms with Crippen LogP contribution in [0.3, 0.4) is 0 Å². The first kappa shape index (κ1) is 19.0. The number of nitrogens with zero attached hydrogens (tertiary/aromatic N) is 3. The number of hydrogen-bond acceptors (Lipinski definition) is 7. The van der Waals surface area contributed by atoms with Crippen LogP contribution in [0.5, 0.6) is 0 Å². The summed E-state index contributed by atoms with van der Waals surface area (Å²) >= 11 is 6.05. The Kier molecular flexibility index (Phi) is 4.16. The van der Waals surface area contributed by atoms with Crippen molar-refractivity contribution in [1.29, 1.82) is 0 Å². The second-order valence-corrected chi connectivity index (χ2v) is 7.48. The Hall–Kier alpha value is -3.98. The molecular formula is C21H12ClN3O6. The number of carbonyl (C=O) groups is 1. The fourth-order valence-corrected chi connectivity index (χ4v) is 3.94. The topological polar surface area (TPSA) is 120 Å². The number of aromatic nitrogens is 1. The molecule has 0 saturated carbocycles. The number of non-ortho nitro benzene ring substituents is 1. The van der Waals surface area contributed by atoms with Gasteiger partial charge in [0.25, 0.3) is 11.6 Å². The van der Waals surface area contributed by atoms with Gasteiger partial charge >= 0.3 is 0 Å². The van der Waals surface area contributed by atoms with Gasteiger partial charge in [-0.3, -0.25) is 24.6 Å². The van der Waals surface area contributed by atoms with E-state index in [-0.39, 0.29) is 33.8 Å². The Morgan fingerprint density at radius 1 is 1.16 bits per heavy atom. The number of aryl methyl sites for hydroxylation is 1. The van der Waals surface area contributed by atoms with E-state index >= 15 is 0 Å². The monoisotopic (exact) mass is 437 g/mol. The van der Waals surface area contributed by atoms with Gasteiger partial charge in [0, 0.05) is 23.2 Å². The van der Waals surface area contributed by atoms with Gasteiger partial charge in [0.2, 0.25) is 5.76 Å². The number of fused-ring (bicyclic) bond motifs is 2. The molecule has 2 aromatic carbocycles. The van der Waals surface area contributed by atoms with Crippen LogP contribution < -0.4 is 10.3 Å². The maximum absolute atomic E-state index is 13.4. The fourth-order valence-electron chi connectivity index (χ4n) is 3.77. The van der Waals surface area contributed by atoms with Crippen molar-refractivity contribution in [1.82, 2.24) is 5.16 Å². The molecule has 0 N–H and O–H groups in total. The second-order valence-electron chi connectivity index (χ2n) is 7.04. The summed E-state index contributed by atoms with van der Waals surface area (Å²) in [4.78, 5) is 38.8. The van der Waals surface area contributed by atoms with Crippen LogP contribution in [0.25, 0.3) is 11.0 Å². The predicted octanol–water partition coefficient (Wildman–Crippen LogP) is 4.40. The van der Waals surface area contributed by atoms with Gasteiger partial charge in [-0.2, -0.15) is 0 Å². The van der Waals surface area contributed by atoms with E-state index in [0.717, 1.165) is 0 Å². The first-order valence-electron chi connectivity index (χ1n) is 9.12. The van der Waals surface area contributed by atoms with Gasteiger partial charge in [-0.15, -0.1) is 0 Å². The number of carbonyl (C=O) groups excluding carboxylic acids is 1. The number of nitro benzene ring substituents is 1. The summed E-state index contributed by atoms with van der Waals surface area (Å²) in [5, 5.41) is 15.8. The van der Waals surface area contributed by atoms with Crippen molar-refractivity contribution in [3.05, 3.63) is 96.5 Å². The normalized spacial score (nSPS) is 15.5. The number of anilines is 1. The van der Waals surface area contributed by atoms with Gasteiger partial charge in [0.05, 0.1) is 21.9 Å². The number of halogens is 1. The zero-order valence-electron chi connectivity index (χ0n) is 15.9. The van der Waals surface area contributed by atoms with Crippen molar-refractivity contribution in [2.45, 2.75) is 13.0 Å². The molecule has 0 spiro atoms. The van der Waals surface area contributed by atoms with E-state index in [1.165, 1.54) is 41.3 Å². The van der Waals surface area contributed by atoms with E-state index in [1.807, 2.05) is 0 Å². The standard InChI is InChI=1S/C21H12ClN3O6/c1-10-7-16(23-31-10)24-18(11-3-2-4-13(8-11)25(28)29)17-19(26)14-9-12(22)5-6-15(14)30-20(17)21(24)27/h2-9,18H,1H3. The molecule has 0 bridgehead atoms. The van der Waals surface area contributed by atoms with Crippen LogP contribution in [0.4, 0.5) is 11.5 Å². The van der Waals surface area contributed by atoms with Crippen molar-refractivity contribution < 1.29 is 18.7 Å². The van der Waals surface area contributed by atoms with Crippen LogP contribution in [0.1, 0.15) is 33.5 Å². The molecule has 3 heterocycles. The SMILES string of the molecule is Cc1cc(N2C(=O)c3oc4ccc(Cl)cc4c(=O)c3C2c2cccc([N+](=O)[O-])c2)no1. The molecule has 1 aliphatic rings. The lowest BCUT2D eigenvalue weighted by molar-refractivity contribution is -0.384.